The minimum atomic E-state index is 0.282. The predicted octanol–water partition coefficient (Wildman–Crippen LogP) is 2.08. The normalized spacial score (nSPS) is 19.1. The van der Waals surface area contributed by atoms with Crippen molar-refractivity contribution >= 4 is 23.5 Å². The van der Waals surface area contributed by atoms with Crippen molar-refractivity contribution in [2.75, 3.05) is 18.1 Å². The third-order valence-corrected chi connectivity index (χ3v) is 3.81. The first-order chi connectivity index (χ1) is 4.93. The van der Waals surface area contributed by atoms with E-state index >= 15 is 0 Å². The molecule has 58 valence electrons. The summed E-state index contributed by atoms with van der Waals surface area (Å²) in [7, 11) is 0. The van der Waals surface area contributed by atoms with Gasteiger partial charge in [-0.2, -0.15) is 0 Å². The van der Waals surface area contributed by atoms with Gasteiger partial charge in [0.15, 0.2) is 0 Å². The molecule has 3 heteroatoms. The second-order valence-electron chi connectivity index (χ2n) is 2.09. The van der Waals surface area contributed by atoms with Crippen LogP contribution in [-0.4, -0.2) is 23.2 Å². The SMILES string of the molecule is OCCC=C1SCCCS1. The second-order valence-corrected chi connectivity index (χ2v) is 4.62. The van der Waals surface area contributed by atoms with Gasteiger partial charge in [0.05, 0.1) is 0 Å². The largest absolute Gasteiger partial charge is 0.396 e. The average molecular weight is 176 g/mol. The Morgan fingerprint density at radius 3 is 2.70 bits per heavy atom. The number of rotatable bonds is 2. The standard InChI is InChI=1S/C7H12OS2/c8-4-1-3-7-9-5-2-6-10-7/h3,8H,1-2,4-6H2. The molecule has 0 aromatic heterocycles. The van der Waals surface area contributed by atoms with E-state index in [1.807, 2.05) is 23.5 Å². The second kappa shape index (κ2) is 5.10. The first-order valence-corrected chi connectivity index (χ1v) is 5.47. The number of hydrogen-bond donors (Lipinski definition) is 1. The van der Waals surface area contributed by atoms with E-state index in [9.17, 15) is 0 Å². The minimum Gasteiger partial charge on any atom is -0.396 e. The first-order valence-electron chi connectivity index (χ1n) is 3.50. The lowest BCUT2D eigenvalue weighted by atomic mass is 10.5. The monoisotopic (exact) mass is 176 g/mol. The van der Waals surface area contributed by atoms with Crippen LogP contribution in [0.4, 0.5) is 0 Å². The van der Waals surface area contributed by atoms with Gasteiger partial charge in [0.25, 0.3) is 0 Å². The Morgan fingerprint density at radius 2 is 2.10 bits per heavy atom. The van der Waals surface area contributed by atoms with Gasteiger partial charge < -0.3 is 5.11 Å². The third-order valence-electron chi connectivity index (χ3n) is 1.22. The van der Waals surface area contributed by atoms with E-state index in [0.717, 1.165) is 6.42 Å². The molecule has 10 heavy (non-hydrogen) atoms. The summed E-state index contributed by atoms with van der Waals surface area (Å²) >= 11 is 3.83. The van der Waals surface area contributed by atoms with Gasteiger partial charge in [-0.05, 0) is 24.3 Å². The van der Waals surface area contributed by atoms with Gasteiger partial charge in [-0.15, -0.1) is 23.5 Å². The molecule has 1 rings (SSSR count). The van der Waals surface area contributed by atoms with Gasteiger partial charge in [-0.1, -0.05) is 6.08 Å². The topological polar surface area (TPSA) is 20.2 Å². The average Bonchev–Trinajstić information content (AvgIpc) is 2.03. The van der Waals surface area contributed by atoms with Crippen LogP contribution in [0, 0.1) is 0 Å². The number of thioether (sulfide) groups is 2. The molecular weight excluding hydrogens is 164 g/mol. The molecule has 1 aliphatic rings. The van der Waals surface area contributed by atoms with Crippen LogP contribution < -0.4 is 0 Å². The quantitative estimate of drug-likeness (QED) is 0.695. The van der Waals surface area contributed by atoms with Crippen LogP contribution in [0.1, 0.15) is 12.8 Å². The highest BCUT2D eigenvalue weighted by atomic mass is 32.2. The highest BCUT2D eigenvalue weighted by molar-refractivity contribution is 8.22. The zero-order chi connectivity index (χ0) is 7.23. The maximum atomic E-state index is 8.53. The van der Waals surface area contributed by atoms with Crippen molar-refractivity contribution in [3.8, 4) is 0 Å². The fraction of sp³-hybridized carbons (Fsp3) is 0.714. The fourth-order valence-corrected chi connectivity index (χ4v) is 3.21. The molecule has 1 fully saturated rings. The zero-order valence-corrected chi connectivity index (χ0v) is 7.51. The molecule has 0 aromatic carbocycles. The molecule has 0 spiro atoms. The summed E-state index contributed by atoms with van der Waals surface area (Å²) in [5, 5.41) is 8.53. The van der Waals surface area contributed by atoms with Crippen LogP contribution in [0.2, 0.25) is 0 Å². The molecule has 0 aromatic rings. The van der Waals surface area contributed by atoms with E-state index in [1.165, 1.54) is 22.2 Å². The summed E-state index contributed by atoms with van der Waals surface area (Å²) in [6, 6.07) is 0. The zero-order valence-electron chi connectivity index (χ0n) is 5.88. The lowest BCUT2D eigenvalue weighted by Crippen LogP contribution is -1.91. The lowest BCUT2D eigenvalue weighted by molar-refractivity contribution is 0.302. The fourth-order valence-electron chi connectivity index (χ4n) is 0.746. The van der Waals surface area contributed by atoms with Crippen molar-refractivity contribution in [2.24, 2.45) is 0 Å². The number of aliphatic hydroxyl groups is 1. The highest BCUT2D eigenvalue weighted by Gasteiger charge is 2.04. The van der Waals surface area contributed by atoms with Gasteiger partial charge in [0, 0.05) is 10.8 Å². The van der Waals surface area contributed by atoms with Crippen LogP contribution in [0.3, 0.4) is 0 Å². The van der Waals surface area contributed by atoms with Crippen molar-refractivity contribution in [1.82, 2.24) is 0 Å². The summed E-state index contributed by atoms with van der Waals surface area (Å²) in [5.41, 5.74) is 0. The maximum Gasteiger partial charge on any atom is 0.0466 e. The Labute approximate surface area is 70.3 Å². The van der Waals surface area contributed by atoms with Crippen LogP contribution in [0.15, 0.2) is 10.3 Å². The Hall–Kier alpha value is 0.400. The molecule has 1 heterocycles. The summed E-state index contributed by atoms with van der Waals surface area (Å²) in [4.78, 5) is 0. The molecule has 1 saturated heterocycles. The van der Waals surface area contributed by atoms with E-state index in [4.69, 9.17) is 5.11 Å². The van der Waals surface area contributed by atoms with Crippen molar-refractivity contribution in [2.45, 2.75) is 12.8 Å². The van der Waals surface area contributed by atoms with Gasteiger partial charge in [0.1, 0.15) is 0 Å². The number of aliphatic hydroxyl groups excluding tert-OH is 1. The van der Waals surface area contributed by atoms with Crippen LogP contribution >= 0.6 is 23.5 Å². The maximum absolute atomic E-state index is 8.53. The molecule has 0 saturated carbocycles. The van der Waals surface area contributed by atoms with E-state index < -0.39 is 0 Å². The van der Waals surface area contributed by atoms with E-state index in [1.54, 1.807) is 0 Å². The Bertz CT molecular complexity index is 115. The Kier molecular flexibility index (Phi) is 4.34. The molecule has 0 unspecified atom stereocenters. The highest BCUT2D eigenvalue weighted by Crippen LogP contribution is 2.34. The lowest BCUT2D eigenvalue weighted by Gasteiger charge is -2.11. The summed E-state index contributed by atoms with van der Waals surface area (Å²) in [5.74, 6) is 2.51. The van der Waals surface area contributed by atoms with Crippen molar-refractivity contribution in [3.05, 3.63) is 10.3 Å². The predicted molar refractivity (Wildman–Crippen MR) is 49.3 cm³/mol. The van der Waals surface area contributed by atoms with Gasteiger partial charge in [-0.25, -0.2) is 0 Å². The van der Waals surface area contributed by atoms with Gasteiger partial charge in [0.2, 0.25) is 0 Å². The smallest absolute Gasteiger partial charge is 0.0466 e. The molecule has 0 bridgehead atoms. The molecular formula is C7H12OS2. The summed E-state index contributed by atoms with van der Waals surface area (Å²) < 4.78 is 1.40. The van der Waals surface area contributed by atoms with E-state index in [-0.39, 0.29) is 6.61 Å². The molecule has 0 radical (unpaired) electrons. The molecule has 1 N–H and O–H groups in total. The van der Waals surface area contributed by atoms with Crippen molar-refractivity contribution in [3.63, 3.8) is 0 Å². The minimum absolute atomic E-state index is 0.282. The molecule has 1 nitrogen and oxygen atoms in total. The van der Waals surface area contributed by atoms with Crippen LogP contribution in [0.25, 0.3) is 0 Å². The molecule has 0 amide bonds. The van der Waals surface area contributed by atoms with Gasteiger partial charge >= 0.3 is 0 Å². The summed E-state index contributed by atoms with van der Waals surface area (Å²) in [6.45, 7) is 0.282. The third kappa shape index (κ3) is 2.99. The van der Waals surface area contributed by atoms with Crippen LogP contribution in [-0.2, 0) is 0 Å². The van der Waals surface area contributed by atoms with E-state index in [2.05, 4.69) is 6.08 Å². The number of hydrogen-bond acceptors (Lipinski definition) is 3. The Balaban J connectivity index is 2.23. The Morgan fingerprint density at radius 1 is 1.40 bits per heavy atom. The molecule has 1 aliphatic heterocycles. The first kappa shape index (κ1) is 8.50. The molecule has 0 atom stereocenters. The van der Waals surface area contributed by atoms with Crippen LogP contribution in [0.5, 0.6) is 0 Å². The van der Waals surface area contributed by atoms with Crippen molar-refractivity contribution in [1.29, 1.82) is 0 Å². The van der Waals surface area contributed by atoms with Gasteiger partial charge in [-0.3, -0.25) is 0 Å². The molecule has 0 aliphatic carbocycles. The summed E-state index contributed by atoms with van der Waals surface area (Å²) in [6.07, 6.45) is 4.27. The van der Waals surface area contributed by atoms with Crippen molar-refractivity contribution < 1.29 is 5.11 Å². The van der Waals surface area contributed by atoms with E-state index in [0.29, 0.717) is 0 Å².